The van der Waals surface area contributed by atoms with Crippen molar-refractivity contribution >= 4 is 83.4 Å². The second-order valence-corrected chi connectivity index (χ2v) is 27.2. The van der Waals surface area contributed by atoms with Gasteiger partial charge in [0.25, 0.3) is 11.1 Å². The van der Waals surface area contributed by atoms with E-state index in [1.54, 1.807) is 105 Å². The van der Waals surface area contributed by atoms with Crippen LogP contribution in [0.4, 0.5) is 0 Å². The number of esters is 3. The molecule has 0 aliphatic carbocycles. The number of hydrogen-bond donors (Lipinski definition) is 4. The van der Waals surface area contributed by atoms with Crippen LogP contribution in [0.1, 0.15) is 144 Å². The van der Waals surface area contributed by atoms with E-state index in [1.165, 1.54) is 53.7 Å². The number of nitrogens with zero attached hydrogens (tertiary/aromatic N) is 7. The average Bonchev–Trinajstić information content (AvgIpc) is 1.65. The van der Waals surface area contributed by atoms with Gasteiger partial charge in [-0.1, -0.05) is 75.9 Å². The van der Waals surface area contributed by atoms with Gasteiger partial charge in [0.05, 0.1) is 23.3 Å². The molecule has 4 aliphatic heterocycles. The fourth-order valence-corrected chi connectivity index (χ4v) is 14.1. The second-order valence-electron chi connectivity index (χ2n) is 24.5. The zero-order chi connectivity index (χ0) is 70.9. The van der Waals surface area contributed by atoms with Crippen LogP contribution in [0.3, 0.4) is 0 Å². The monoisotopic (exact) mass is 1500 g/mol. The van der Waals surface area contributed by atoms with Gasteiger partial charge >= 0.3 is 283 Å². The molecule has 7 aromatic rings. The predicted octanol–water partition coefficient (Wildman–Crippen LogP) is 5.62. The van der Waals surface area contributed by atoms with Gasteiger partial charge in [-0.3, -0.25) is 23.7 Å². The number of hydrogen-bond acceptors (Lipinski definition) is 22. The van der Waals surface area contributed by atoms with Crippen molar-refractivity contribution in [2.45, 2.75) is 171 Å². The maximum atomic E-state index is 12.8. The fourth-order valence-electron chi connectivity index (χ4n) is 12.2. The van der Waals surface area contributed by atoms with E-state index in [1.807, 2.05) is 86.8 Å². The summed E-state index contributed by atoms with van der Waals surface area (Å²) in [7, 11) is 0. The van der Waals surface area contributed by atoms with Crippen LogP contribution >= 0.6 is 24.0 Å². The van der Waals surface area contributed by atoms with Crippen molar-refractivity contribution in [1.29, 1.82) is 0 Å². The van der Waals surface area contributed by atoms with Crippen LogP contribution in [-0.2, 0) is 33.2 Å². The number of aliphatic hydroxyl groups excluding tert-OH is 2. The standard InChI is InChI=1S/C20H24N2O4S.C19H22N2O4S.C19H21N2O4Se.C10H13N2O5Se/c1-5-15-13(2)20(3,26-17(24)14-9-7-6-8-10-14)18(25-15)22-12-11-16(23)21-19(22)27-4;2*1-4-14-12(2)19(3,25-16(23)13-8-6-5-7-9-13)17(24-14)21-11-10-15(22)20-18(21)26;1-10(16)7(15)5(4-13)17-8(10)12-3-2-6(14)11-9(12)18/h6-13,15,18H,5H2,1-4H3;5-12,14,17H,4H2,1-3H3,(H,20,22,26);5-12,14,17H,4H2,1-3H3;2-3,5,7-8,13,15-16H,4H2,1H3/t13-,15+,18+,20?;2*12-,14+,17+,19?;5-,7+,8-,10?/m0001/s1. The molecule has 0 spiro atoms. The number of H-pyrrole nitrogens is 1. The Morgan fingerprint density at radius 2 is 0.866 bits per heavy atom. The third-order valence-electron chi connectivity index (χ3n) is 18.3. The summed E-state index contributed by atoms with van der Waals surface area (Å²) >= 11 is 12.0. The minimum absolute atomic E-state index is 0.0331. The summed E-state index contributed by atoms with van der Waals surface area (Å²) in [6.07, 6.45) is 5.38. The van der Waals surface area contributed by atoms with Crippen LogP contribution in [0.15, 0.2) is 164 Å². The topological polar surface area (TPSA) is 319 Å². The molecule has 4 aliphatic rings. The number of aliphatic hydroxyl groups is 3. The van der Waals surface area contributed by atoms with Gasteiger partial charge in [-0.2, -0.15) is 4.98 Å². The molecule has 518 valence electrons. The third kappa shape index (κ3) is 16.5. The van der Waals surface area contributed by atoms with Crippen molar-refractivity contribution < 1.29 is 62.9 Å². The van der Waals surface area contributed by atoms with Crippen LogP contribution in [-0.4, -0.2) is 169 Å². The Balaban J connectivity index is 0.000000167. The molecule has 29 heteroatoms. The van der Waals surface area contributed by atoms with E-state index in [0.29, 0.717) is 26.6 Å². The maximum absolute atomic E-state index is 12.8. The van der Waals surface area contributed by atoms with E-state index in [4.69, 9.17) is 50.5 Å². The van der Waals surface area contributed by atoms with Crippen molar-refractivity contribution in [1.82, 2.24) is 38.2 Å². The normalized spacial score (nSPS) is 29.3. The Morgan fingerprint density at radius 3 is 1.21 bits per heavy atom. The number of carbonyl (C=O) groups is 3. The number of rotatable bonds is 15. The molecule has 3 aromatic carbocycles. The van der Waals surface area contributed by atoms with Crippen LogP contribution in [0.2, 0.25) is 0 Å². The van der Waals surface area contributed by atoms with Gasteiger partial charge < -0.3 is 18.9 Å². The number of thioether (sulfide) groups is 1. The van der Waals surface area contributed by atoms with E-state index in [0.717, 1.165) is 19.3 Å². The first-order valence-corrected chi connectivity index (χ1v) is 34.8. The Morgan fingerprint density at radius 1 is 0.536 bits per heavy atom. The summed E-state index contributed by atoms with van der Waals surface area (Å²) in [6.45, 7) is 18.7. The first kappa shape index (κ1) is 75.7. The predicted molar refractivity (Wildman–Crippen MR) is 362 cm³/mol. The molecule has 4 N–H and O–H groups in total. The van der Waals surface area contributed by atoms with Crippen molar-refractivity contribution in [2.75, 3.05) is 12.9 Å². The molecule has 11 rings (SSSR count). The van der Waals surface area contributed by atoms with Crippen LogP contribution < -0.4 is 31.7 Å². The van der Waals surface area contributed by atoms with Crippen molar-refractivity contribution in [3.8, 4) is 0 Å². The molecule has 0 amide bonds. The zero-order valence-electron chi connectivity index (χ0n) is 55.4. The number of carbonyl (C=O) groups excluding carboxylic acids is 3. The SMILES string of the molecule is CC1(O)[C@@H](O)[C@@H](CO)O[C@H]1n1ccc(=O)nc1[Se].CC[C@H]1O[C@@H](n2ccc(=O)[nH]c2=S)C(C)(OC(=O)c2ccccc2)[C@H]1C.CC[C@H]1O[C@@H](n2ccc(=O)nc2SC)C(C)(OC(=O)c2ccccc2)[C@H]1C.CC[C@H]1O[C@@H](n2ccc(=O)nc2[Se])C(C)(OC(=O)c2ccccc2)[C@H]1C. The molecule has 8 heterocycles. The van der Waals surface area contributed by atoms with Crippen LogP contribution in [0.25, 0.3) is 0 Å². The number of benzene rings is 3. The van der Waals surface area contributed by atoms with Gasteiger partial charge in [-0.15, -0.1) is 0 Å². The van der Waals surface area contributed by atoms with Gasteiger partial charge in [-0.25, -0.2) is 9.59 Å². The van der Waals surface area contributed by atoms with E-state index in [-0.39, 0.29) is 62.2 Å². The Bertz CT molecular complexity index is 4190. The van der Waals surface area contributed by atoms with Crippen molar-refractivity contribution in [2.24, 2.45) is 17.8 Å². The number of ether oxygens (including phenoxy) is 7. The molecule has 0 saturated carbocycles. The first-order valence-electron chi connectivity index (χ1n) is 31.5. The van der Waals surface area contributed by atoms with E-state index in [9.17, 15) is 43.8 Å². The molecular weight excluding hydrogens is 1420 g/mol. The molecule has 4 aromatic heterocycles. The minimum atomic E-state index is -1.59. The number of nitrogens with one attached hydrogen (secondary N) is 1. The van der Waals surface area contributed by atoms with Gasteiger partial charge in [0.2, 0.25) is 0 Å². The summed E-state index contributed by atoms with van der Waals surface area (Å²) in [5, 5.41) is 29.7. The number of aromatic nitrogens is 8. The fraction of sp³-hybridized carbons (Fsp3) is 0.456. The van der Waals surface area contributed by atoms with Gasteiger partial charge in [0.15, 0.2) is 33.6 Å². The van der Waals surface area contributed by atoms with Crippen LogP contribution in [0.5, 0.6) is 0 Å². The summed E-state index contributed by atoms with van der Waals surface area (Å²) < 4.78 is 49.4. The van der Waals surface area contributed by atoms with E-state index < -0.39 is 89.6 Å². The van der Waals surface area contributed by atoms with Gasteiger partial charge in [-0.05, 0) is 69.4 Å². The zero-order valence-corrected chi connectivity index (χ0v) is 60.4. The Labute approximate surface area is 585 Å². The summed E-state index contributed by atoms with van der Waals surface area (Å²) in [6, 6.07) is 32.0. The quantitative estimate of drug-likeness (QED) is 0.0241. The molecule has 97 heavy (non-hydrogen) atoms. The van der Waals surface area contributed by atoms with Gasteiger partial charge in [0, 0.05) is 36.4 Å². The third-order valence-corrected chi connectivity index (χ3v) is 20.6. The summed E-state index contributed by atoms with van der Waals surface area (Å²) in [4.78, 5) is 98.2. The summed E-state index contributed by atoms with van der Waals surface area (Å²) in [5.41, 5.74) is -4.25. The Hall–Kier alpha value is -7.08. The number of aromatic amines is 1. The molecule has 4 fully saturated rings. The molecule has 16 atom stereocenters. The van der Waals surface area contributed by atoms with Gasteiger partial charge in [0.1, 0.15) is 0 Å². The first-order chi connectivity index (χ1) is 46.0. The average molecular weight is 1500 g/mol. The molecule has 4 saturated heterocycles. The van der Waals surface area contributed by atoms with Crippen molar-refractivity contribution in [3.05, 3.63) is 203 Å². The van der Waals surface area contributed by atoms with Crippen LogP contribution in [0, 0.1) is 22.5 Å². The molecule has 2 radical (unpaired) electrons. The summed E-state index contributed by atoms with van der Waals surface area (Å²) in [5.74, 6) is -1.34. The Kier molecular flexibility index (Phi) is 25.2. The molecule has 4 unspecified atom stereocenters. The second kappa shape index (κ2) is 32.3. The molecule has 25 nitrogen and oxygen atoms in total. The molecule has 0 bridgehead atoms. The van der Waals surface area contributed by atoms with Crippen molar-refractivity contribution in [3.63, 3.8) is 0 Å². The van der Waals surface area contributed by atoms with E-state index >= 15 is 0 Å². The van der Waals surface area contributed by atoms with E-state index in [2.05, 4.69) is 52.0 Å². The molecular formula is C68H80N8O17S2Se2.